The van der Waals surface area contributed by atoms with Crippen LogP contribution in [0.25, 0.3) is 0 Å². The van der Waals surface area contributed by atoms with Crippen LogP contribution >= 0.6 is 0 Å². The zero-order valence-corrected chi connectivity index (χ0v) is 15.9. The number of anilines is 1. The maximum atomic E-state index is 3.65. The Labute approximate surface area is 145 Å². The SMILES string of the molecule is CCCCCCCCCCCCCC(C)(C)Nc1ccccc1. The Morgan fingerprint density at radius 3 is 1.70 bits per heavy atom. The molecule has 0 aliphatic heterocycles. The van der Waals surface area contributed by atoms with Gasteiger partial charge in [-0.25, -0.2) is 0 Å². The van der Waals surface area contributed by atoms with Gasteiger partial charge in [0.25, 0.3) is 0 Å². The van der Waals surface area contributed by atoms with Crippen molar-refractivity contribution in [3.05, 3.63) is 30.3 Å². The highest BCUT2D eigenvalue weighted by Crippen LogP contribution is 2.21. The third kappa shape index (κ3) is 11.2. The van der Waals surface area contributed by atoms with Crippen LogP contribution < -0.4 is 5.32 Å². The lowest BCUT2D eigenvalue weighted by atomic mass is 9.95. The molecule has 0 aliphatic carbocycles. The van der Waals surface area contributed by atoms with Crippen molar-refractivity contribution in [3.63, 3.8) is 0 Å². The van der Waals surface area contributed by atoms with E-state index < -0.39 is 0 Å². The van der Waals surface area contributed by atoms with E-state index in [-0.39, 0.29) is 5.54 Å². The molecule has 0 fully saturated rings. The normalized spacial score (nSPS) is 11.6. The average Bonchev–Trinajstić information content (AvgIpc) is 2.53. The summed E-state index contributed by atoms with van der Waals surface area (Å²) in [7, 11) is 0. The zero-order valence-electron chi connectivity index (χ0n) is 15.9. The fourth-order valence-electron chi connectivity index (χ4n) is 3.21. The van der Waals surface area contributed by atoms with Crippen LogP contribution in [0, 0.1) is 0 Å². The molecule has 0 saturated heterocycles. The minimum absolute atomic E-state index is 0.195. The molecule has 1 heteroatoms. The minimum Gasteiger partial charge on any atom is -0.380 e. The van der Waals surface area contributed by atoms with Gasteiger partial charge in [-0.15, -0.1) is 0 Å². The fraction of sp³-hybridized carbons (Fsp3) is 0.727. The molecule has 1 nitrogen and oxygen atoms in total. The summed E-state index contributed by atoms with van der Waals surface area (Å²) in [6, 6.07) is 10.6. The molecule has 132 valence electrons. The number of para-hydroxylation sites is 1. The monoisotopic (exact) mass is 317 g/mol. The van der Waals surface area contributed by atoms with Crippen LogP contribution in [0.3, 0.4) is 0 Å². The van der Waals surface area contributed by atoms with Crippen LogP contribution in [0.1, 0.15) is 97.8 Å². The third-order valence-electron chi connectivity index (χ3n) is 4.66. The lowest BCUT2D eigenvalue weighted by Crippen LogP contribution is -2.30. The third-order valence-corrected chi connectivity index (χ3v) is 4.66. The summed E-state index contributed by atoms with van der Waals surface area (Å²) in [5.74, 6) is 0. The highest BCUT2D eigenvalue weighted by atomic mass is 15.0. The molecule has 1 rings (SSSR count). The van der Waals surface area contributed by atoms with Crippen LogP contribution in [0.4, 0.5) is 5.69 Å². The summed E-state index contributed by atoms with van der Waals surface area (Å²) >= 11 is 0. The Bertz CT molecular complexity index is 369. The van der Waals surface area contributed by atoms with E-state index in [2.05, 4.69) is 56.4 Å². The van der Waals surface area contributed by atoms with Gasteiger partial charge in [-0.3, -0.25) is 0 Å². The van der Waals surface area contributed by atoms with Crippen molar-refractivity contribution in [1.29, 1.82) is 0 Å². The van der Waals surface area contributed by atoms with Gasteiger partial charge in [0.1, 0.15) is 0 Å². The molecular weight excluding hydrogens is 278 g/mol. The quantitative estimate of drug-likeness (QED) is 0.349. The van der Waals surface area contributed by atoms with Crippen molar-refractivity contribution in [2.24, 2.45) is 0 Å². The number of rotatable bonds is 14. The summed E-state index contributed by atoms with van der Waals surface area (Å²) in [4.78, 5) is 0. The van der Waals surface area contributed by atoms with Gasteiger partial charge in [0.05, 0.1) is 0 Å². The Hall–Kier alpha value is -0.980. The van der Waals surface area contributed by atoms with E-state index in [1.54, 1.807) is 0 Å². The first-order valence-corrected chi connectivity index (χ1v) is 9.97. The molecule has 0 unspecified atom stereocenters. The van der Waals surface area contributed by atoms with E-state index in [1.165, 1.54) is 82.7 Å². The van der Waals surface area contributed by atoms with Crippen LogP contribution in [0.5, 0.6) is 0 Å². The summed E-state index contributed by atoms with van der Waals surface area (Å²) in [5, 5.41) is 3.65. The molecule has 0 aliphatic rings. The largest absolute Gasteiger partial charge is 0.380 e. The summed E-state index contributed by atoms with van der Waals surface area (Å²) < 4.78 is 0. The molecule has 1 N–H and O–H groups in total. The average molecular weight is 318 g/mol. The fourth-order valence-corrected chi connectivity index (χ4v) is 3.21. The Kier molecular flexibility index (Phi) is 10.9. The first-order chi connectivity index (χ1) is 11.1. The highest BCUT2D eigenvalue weighted by Gasteiger charge is 2.16. The van der Waals surface area contributed by atoms with Gasteiger partial charge in [-0.2, -0.15) is 0 Å². The molecule has 23 heavy (non-hydrogen) atoms. The molecule has 0 radical (unpaired) electrons. The number of hydrogen-bond donors (Lipinski definition) is 1. The number of hydrogen-bond acceptors (Lipinski definition) is 1. The maximum Gasteiger partial charge on any atom is 0.0344 e. The van der Waals surface area contributed by atoms with Gasteiger partial charge in [0, 0.05) is 11.2 Å². The van der Waals surface area contributed by atoms with Crippen molar-refractivity contribution in [3.8, 4) is 0 Å². The number of nitrogens with one attached hydrogen (secondary N) is 1. The van der Waals surface area contributed by atoms with Gasteiger partial charge in [-0.1, -0.05) is 95.8 Å². The van der Waals surface area contributed by atoms with Crippen molar-refractivity contribution >= 4 is 5.69 Å². The number of benzene rings is 1. The maximum absolute atomic E-state index is 3.65. The van der Waals surface area contributed by atoms with Crippen molar-refractivity contribution in [2.45, 2.75) is 103 Å². The zero-order chi connectivity index (χ0) is 16.8. The standard InChI is InChI=1S/C22H39N/c1-4-5-6-7-8-9-10-11-12-13-17-20-22(2,3)23-21-18-15-14-16-19-21/h14-16,18-19,23H,4-13,17,20H2,1-3H3. The molecule has 0 atom stereocenters. The first kappa shape index (κ1) is 20.1. The van der Waals surface area contributed by atoms with Crippen LogP contribution in [0.2, 0.25) is 0 Å². The smallest absolute Gasteiger partial charge is 0.0344 e. The molecular formula is C22H39N. The van der Waals surface area contributed by atoms with Gasteiger partial charge < -0.3 is 5.32 Å². The summed E-state index contributed by atoms with van der Waals surface area (Å²) in [5.41, 5.74) is 1.43. The molecule has 1 aromatic carbocycles. The predicted octanol–water partition coefficient (Wildman–Crippen LogP) is 7.58. The van der Waals surface area contributed by atoms with Crippen molar-refractivity contribution in [1.82, 2.24) is 0 Å². The summed E-state index contributed by atoms with van der Waals surface area (Å²) in [6.07, 6.45) is 16.8. The van der Waals surface area contributed by atoms with Crippen LogP contribution in [0.15, 0.2) is 30.3 Å². The van der Waals surface area contributed by atoms with Crippen molar-refractivity contribution < 1.29 is 0 Å². The van der Waals surface area contributed by atoms with Gasteiger partial charge >= 0.3 is 0 Å². The Morgan fingerprint density at radius 2 is 1.17 bits per heavy atom. The molecule has 0 heterocycles. The van der Waals surface area contributed by atoms with Gasteiger partial charge in [0.2, 0.25) is 0 Å². The minimum atomic E-state index is 0.195. The number of unbranched alkanes of at least 4 members (excludes halogenated alkanes) is 10. The van der Waals surface area contributed by atoms with E-state index >= 15 is 0 Å². The molecule has 0 spiro atoms. The molecule has 0 bridgehead atoms. The van der Waals surface area contributed by atoms with Gasteiger partial charge in [-0.05, 0) is 32.4 Å². The van der Waals surface area contributed by atoms with Gasteiger partial charge in [0.15, 0.2) is 0 Å². The molecule has 0 amide bonds. The Balaban J connectivity index is 1.95. The lowest BCUT2D eigenvalue weighted by Gasteiger charge is -2.27. The second-order valence-electron chi connectivity index (χ2n) is 7.66. The lowest BCUT2D eigenvalue weighted by molar-refractivity contribution is 0.469. The van der Waals surface area contributed by atoms with Crippen LogP contribution in [-0.4, -0.2) is 5.54 Å². The second-order valence-corrected chi connectivity index (χ2v) is 7.66. The van der Waals surface area contributed by atoms with Crippen LogP contribution in [-0.2, 0) is 0 Å². The first-order valence-electron chi connectivity index (χ1n) is 9.97. The second kappa shape index (κ2) is 12.4. The molecule has 0 saturated carbocycles. The van der Waals surface area contributed by atoms with E-state index in [1.807, 2.05) is 0 Å². The topological polar surface area (TPSA) is 12.0 Å². The van der Waals surface area contributed by atoms with E-state index in [0.717, 1.165) is 0 Å². The van der Waals surface area contributed by atoms with E-state index in [4.69, 9.17) is 0 Å². The van der Waals surface area contributed by atoms with E-state index in [9.17, 15) is 0 Å². The predicted molar refractivity (Wildman–Crippen MR) is 105 cm³/mol. The van der Waals surface area contributed by atoms with E-state index in [0.29, 0.717) is 0 Å². The summed E-state index contributed by atoms with van der Waals surface area (Å²) in [6.45, 7) is 6.92. The highest BCUT2D eigenvalue weighted by molar-refractivity contribution is 5.44. The Morgan fingerprint density at radius 1 is 0.696 bits per heavy atom. The molecule has 1 aromatic rings. The van der Waals surface area contributed by atoms with Crippen molar-refractivity contribution in [2.75, 3.05) is 5.32 Å². The molecule has 0 aromatic heterocycles.